The molecule has 0 heterocycles. The van der Waals surface area contributed by atoms with Gasteiger partial charge in [-0.3, -0.25) is 0 Å². The van der Waals surface area contributed by atoms with Crippen LogP contribution < -0.4 is 0 Å². The minimum absolute atomic E-state index is 0.468. The molecule has 0 amide bonds. The fraction of sp³-hybridized carbons (Fsp3) is 0.438. The van der Waals surface area contributed by atoms with Gasteiger partial charge in [-0.2, -0.15) is 5.26 Å². The van der Waals surface area contributed by atoms with Crippen molar-refractivity contribution in [2.24, 2.45) is 11.8 Å². The second-order valence-corrected chi connectivity index (χ2v) is 4.83. The number of hydrogen-bond acceptors (Lipinski definition) is 2. The second kappa shape index (κ2) is 6.98. The van der Waals surface area contributed by atoms with Gasteiger partial charge in [0, 0.05) is 6.42 Å². The highest BCUT2D eigenvalue weighted by atomic mass is 16.5. The standard InChI is InChI=1S/C16H19NO/c17-11-10-15-8-4-5-9-16(15)13-18-12-14-6-2-1-3-7-14/h1-7,15-16H,8-10,12-13H2/t15-,16+/m0/s1. The largest absolute Gasteiger partial charge is 0.376 e. The molecule has 2 nitrogen and oxygen atoms in total. The van der Waals surface area contributed by atoms with Crippen LogP contribution >= 0.6 is 0 Å². The summed E-state index contributed by atoms with van der Waals surface area (Å²) in [5.74, 6) is 0.967. The lowest BCUT2D eigenvalue weighted by Gasteiger charge is -2.26. The maximum Gasteiger partial charge on any atom is 0.0717 e. The monoisotopic (exact) mass is 241 g/mol. The number of nitrogens with zero attached hydrogens (tertiary/aromatic N) is 1. The molecule has 1 aromatic carbocycles. The Balaban J connectivity index is 1.78. The van der Waals surface area contributed by atoms with Crippen molar-refractivity contribution in [3.63, 3.8) is 0 Å². The van der Waals surface area contributed by atoms with Crippen LogP contribution in [0.4, 0.5) is 0 Å². The maximum atomic E-state index is 8.82. The average molecular weight is 241 g/mol. The van der Waals surface area contributed by atoms with Gasteiger partial charge in [-0.05, 0) is 30.2 Å². The summed E-state index contributed by atoms with van der Waals surface area (Å²) in [5, 5.41) is 8.82. The summed E-state index contributed by atoms with van der Waals surface area (Å²) in [5.41, 5.74) is 1.21. The Hall–Kier alpha value is -1.59. The van der Waals surface area contributed by atoms with Gasteiger partial charge in [0.1, 0.15) is 0 Å². The summed E-state index contributed by atoms with van der Waals surface area (Å²) in [7, 11) is 0. The van der Waals surface area contributed by atoms with Crippen LogP contribution in [0.2, 0.25) is 0 Å². The van der Waals surface area contributed by atoms with Gasteiger partial charge in [-0.25, -0.2) is 0 Å². The van der Waals surface area contributed by atoms with Crippen LogP contribution in [0.25, 0.3) is 0 Å². The Morgan fingerprint density at radius 3 is 2.56 bits per heavy atom. The van der Waals surface area contributed by atoms with Gasteiger partial charge >= 0.3 is 0 Å². The van der Waals surface area contributed by atoms with Crippen molar-refractivity contribution in [2.75, 3.05) is 6.61 Å². The molecule has 2 rings (SSSR count). The van der Waals surface area contributed by atoms with Crippen LogP contribution in [0.3, 0.4) is 0 Å². The first kappa shape index (κ1) is 12.9. The molecule has 1 aliphatic carbocycles. The molecule has 0 unspecified atom stereocenters. The summed E-state index contributed by atoms with van der Waals surface area (Å²) < 4.78 is 5.79. The lowest BCUT2D eigenvalue weighted by molar-refractivity contribution is 0.0654. The van der Waals surface area contributed by atoms with E-state index in [1.54, 1.807) is 0 Å². The van der Waals surface area contributed by atoms with E-state index in [1.807, 2.05) is 18.2 Å². The summed E-state index contributed by atoms with van der Waals surface area (Å²) in [4.78, 5) is 0. The van der Waals surface area contributed by atoms with E-state index in [4.69, 9.17) is 10.00 Å². The van der Waals surface area contributed by atoms with E-state index in [0.29, 0.717) is 24.9 Å². The first-order chi connectivity index (χ1) is 8.90. The fourth-order valence-electron chi connectivity index (χ4n) is 2.40. The van der Waals surface area contributed by atoms with Crippen LogP contribution in [0.5, 0.6) is 0 Å². The predicted octanol–water partition coefficient (Wildman–Crippen LogP) is 3.70. The van der Waals surface area contributed by atoms with Crippen molar-refractivity contribution in [3.05, 3.63) is 48.0 Å². The molecule has 0 saturated carbocycles. The number of ether oxygens (including phenoxy) is 1. The number of benzene rings is 1. The maximum absolute atomic E-state index is 8.82. The lowest BCUT2D eigenvalue weighted by Crippen LogP contribution is -2.21. The molecule has 2 atom stereocenters. The molecular weight excluding hydrogens is 222 g/mol. The molecule has 0 aliphatic heterocycles. The van der Waals surface area contributed by atoms with Crippen molar-refractivity contribution >= 4 is 0 Å². The third kappa shape index (κ3) is 3.72. The molecule has 0 saturated heterocycles. The molecule has 94 valence electrons. The molecule has 0 N–H and O–H groups in total. The van der Waals surface area contributed by atoms with E-state index >= 15 is 0 Å². The van der Waals surface area contributed by atoms with Crippen LogP contribution in [-0.2, 0) is 11.3 Å². The van der Waals surface area contributed by atoms with Crippen LogP contribution in [-0.4, -0.2) is 6.61 Å². The third-order valence-corrected chi connectivity index (χ3v) is 3.51. The van der Waals surface area contributed by atoms with Crippen molar-refractivity contribution < 1.29 is 4.74 Å². The highest BCUT2D eigenvalue weighted by Crippen LogP contribution is 2.28. The van der Waals surface area contributed by atoms with E-state index in [-0.39, 0.29) is 0 Å². The lowest BCUT2D eigenvalue weighted by atomic mass is 9.82. The van der Waals surface area contributed by atoms with E-state index in [2.05, 4.69) is 30.4 Å². The number of nitriles is 1. The Morgan fingerprint density at radius 2 is 1.83 bits per heavy atom. The van der Waals surface area contributed by atoms with E-state index in [0.717, 1.165) is 19.4 Å². The number of allylic oxidation sites excluding steroid dienone is 2. The minimum Gasteiger partial charge on any atom is -0.376 e. The minimum atomic E-state index is 0.468. The molecular formula is C16H19NO. The first-order valence-electron chi connectivity index (χ1n) is 6.53. The van der Waals surface area contributed by atoms with E-state index < -0.39 is 0 Å². The molecule has 0 aromatic heterocycles. The summed E-state index contributed by atoms with van der Waals surface area (Å²) in [6.45, 7) is 1.42. The molecule has 1 aromatic rings. The van der Waals surface area contributed by atoms with Gasteiger partial charge in [0.15, 0.2) is 0 Å². The Morgan fingerprint density at radius 1 is 1.11 bits per heavy atom. The normalized spacial score (nSPS) is 22.6. The summed E-state index contributed by atoms with van der Waals surface area (Å²) >= 11 is 0. The highest BCUT2D eigenvalue weighted by molar-refractivity contribution is 5.13. The predicted molar refractivity (Wildman–Crippen MR) is 71.7 cm³/mol. The van der Waals surface area contributed by atoms with Gasteiger partial charge in [-0.15, -0.1) is 0 Å². The second-order valence-electron chi connectivity index (χ2n) is 4.83. The van der Waals surface area contributed by atoms with Crippen LogP contribution in [0.15, 0.2) is 42.5 Å². The molecule has 0 fully saturated rings. The van der Waals surface area contributed by atoms with Gasteiger partial charge in [0.25, 0.3) is 0 Å². The van der Waals surface area contributed by atoms with E-state index in [1.165, 1.54) is 5.56 Å². The molecule has 0 bridgehead atoms. The van der Waals surface area contributed by atoms with Gasteiger partial charge in [-0.1, -0.05) is 42.5 Å². The number of rotatable bonds is 5. The Kier molecular flexibility index (Phi) is 4.99. The topological polar surface area (TPSA) is 33.0 Å². The first-order valence-corrected chi connectivity index (χ1v) is 6.53. The average Bonchev–Trinajstić information content (AvgIpc) is 2.42. The molecule has 0 radical (unpaired) electrons. The summed E-state index contributed by atoms with van der Waals surface area (Å²) in [6.07, 6.45) is 7.11. The quantitative estimate of drug-likeness (QED) is 0.736. The smallest absolute Gasteiger partial charge is 0.0717 e. The highest BCUT2D eigenvalue weighted by Gasteiger charge is 2.22. The summed E-state index contributed by atoms with van der Waals surface area (Å²) in [6, 6.07) is 12.5. The third-order valence-electron chi connectivity index (χ3n) is 3.51. The van der Waals surface area contributed by atoms with E-state index in [9.17, 15) is 0 Å². The van der Waals surface area contributed by atoms with Crippen molar-refractivity contribution in [1.82, 2.24) is 0 Å². The molecule has 1 aliphatic rings. The zero-order valence-corrected chi connectivity index (χ0v) is 10.6. The van der Waals surface area contributed by atoms with Gasteiger partial charge in [0.2, 0.25) is 0 Å². The van der Waals surface area contributed by atoms with Crippen LogP contribution in [0.1, 0.15) is 24.8 Å². The van der Waals surface area contributed by atoms with Crippen LogP contribution in [0, 0.1) is 23.2 Å². The van der Waals surface area contributed by atoms with Crippen molar-refractivity contribution in [3.8, 4) is 6.07 Å². The zero-order valence-electron chi connectivity index (χ0n) is 10.6. The zero-order chi connectivity index (χ0) is 12.6. The molecule has 0 spiro atoms. The Bertz CT molecular complexity index is 418. The van der Waals surface area contributed by atoms with Gasteiger partial charge < -0.3 is 4.74 Å². The van der Waals surface area contributed by atoms with Gasteiger partial charge in [0.05, 0.1) is 19.3 Å². The molecule has 2 heteroatoms. The fourth-order valence-corrected chi connectivity index (χ4v) is 2.40. The van der Waals surface area contributed by atoms with Crippen molar-refractivity contribution in [1.29, 1.82) is 5.26 Å². The number of hydrogen-bond donors (Lipinski definition) is 0. The van der Waals surface area contributed by atoms with Crippen molar-refractivity contribution in [2.45, 2.75) is 25.9 Å². The Labute approximate surface area is 109 Å². The SMILES string of the molecule is N#CC[C@@H]1CC=CC[C@@H]1COCc1ccccc1. The molecule has 18 heavy (non-hydrogen) atoms.